The topological polar surface area (TPSA) is 40.5 Å². The molecule has 0 radical (unpaired) electrons. The molecule has 0 aliphatic rings. The number of rotatable bonds is 3. The van der Waals surface area contributed by atoms with Crippen LogP contribution < -0.4 is 19.3 Å². The zero-order chi connectivity index (χ0) is 14.0. The predicted molar refractivity (Wildman–Crippen MR) is 75.6 cm³/mol. The van der Waals surface area contributed by atoms with Crippen molar-refractivity contribution < 1.29 is 9.47 Å². The van der Waals surface area contributed by atoms with Crippen molar-refractivity contribution in [3.05, 3.63) is 40.8 Å². The van der Waals surface area contributed by atoms with Crippen LogP contribution in [0.5, 0.6) is 11.5 Å². The summed E-state index contributed by atoms with van der Waals surface area (Å²) < 4.78 is 12.7. The molecule has 0 bridgehead atoms. The van der Waals surface area contributed by atoms with Crippen molar-refractivity contribution in [1.29, 1.82) is 0 Å². The number of hydrogen-bond donors (Lipinski definition) is 0. The number of pyridine rings is 1. The van der Waals surface area contributed by atoms with Crippen molar-refractivity contribution in [3.63, 3.8) is 0 Å². The van der Waals surface area contributed by atoms with Crippen LogP contribution in [0.15, 0.2) is 35.3 Å². The van der Waals surface area contributed by atoms with Gasteiger partial charge in [0.15, 0.2) is 0 Å². The van der Waals surface area contributed by atoms with Gasteiger partial charge in [-0.05, 0) is 0 Å². The number of aryl methyl sites for hydroxylation is 1. The van der Waals surface area contributed by atoms with E-state index in [1.54, 1.807) is 49.7 Å². The van der Waals surface area contributed by atoms with Gasteiger partial charge in [0.05, 0.1) is 0 Å². The van der Waals surface area contributed by atoms with Gasteiger partial charge in [0.1, 0.15) is 0 Å². The standard InChI is InChI=1S/C14H14NO3.Li/c1-15-9-12(13(18-3)8-14(15)16)10-4-6-11(17-2)7-5-10;/h4-7,9H,1-3H3;. The van der Waals surface area contributed by atoms with Crippen molar-refractivity contribution >= 4 is 22.0 Å². The molecule has 5 heteroatoms. The molecule has 0 spiro atoms. The quantitative estimate of drug-likeness (QED) is 0.760. The van der Waals surface area contributed by atoms with Gasteiger partial charge >= 0.3 is 121 Å². The van der Waals surface area contributed by atoms with E-state index in [1.165, 1.54) is 0 Å². The van der Waals surface area contributed by atoms with E-state index in [1.807, 2.05) is 24.3 Å². The van der Waals surface area contributed by atoms with Gasteiger partial charge in [-0.3, -0.25) is 0 Å². The van der Waals surface area contributed by atoms with Gasteiger partial charge in [-0.1, -0.05) is 0 Å². The average Bonchev–Trinajstić information content (AvgIpc) is 2.44. The van der Waals surface area contributed by atoms with Crippen molar-refractivity contribution in [3.8, 4) is 22.6 Å². The second-order valence-electron chi connectivity index (χ2n) is 4.35. The van der Waals surface area contributed by atoms with E-state index in [0.29, 0.717) is 9.99 Å². The number of ether oxygens (including phenoxy) is 2. The van der Waals surface area contributed by atoms with Crippen molar-refractivity contribution in [2.75, 3.05) is 14.2 Å². The average molecular weight is 251 g/mol. The molecule has 4 nitrogen and oxygen atoms in total. The van der Waals surface area contributed by atoms with E-state index in [2.05, 4.69) is 0 Å². The van der Waals surface area contributed by atoms with Gasteiger partial charge in [-0.2, -0.15) is 0 Å². The molecule has 1 aromatic carbocycles. The summed E-state index contributed by atoms with van der Waals surface area (Å²) in [6.07, 6.45) is 1.79. The molecule has 0 aliphatic carbocycles. The number of hydrogen-bond acceptors (Lipinski definition) is 3. The zero-order valence-electron chi connectivity index (χ0n) is 11.6. The van der Waals surface area contributed by atoms with Crippen LogP contribution in [0.3, 0.4) is 0 Å². The molecule has 94 valence electrons. The van der Waals surface area contributed by atoms with E-state index in [4.69, 9.17) is 9.47 Å². The van der Waals surface area contributed by atoms with E-state index in [0.717, 1.165) is 16.9 Å². The Morgan fingerprint density at radius 2 is 1.74 bits per heavy atom. The number of nitrogens with zero attached hydrogens (tertiary/aromatic N) is 1. The Morgan fingerprint density at radius 1 is 1.11 bits per heavy atom. The molecule has 0 amide bonds. The maximum absolute atomic E-state index is 11.9. The summed E-state index contributed by atoms with van der Waals surface area (Å²) in [6, 6.07) is 7.66. The molecule has 1 aromatic heterocycles. The zero-order valence-corrected chi connectivity index (χ0v) is 11.6. The third-order valence-electron chi connectivity index (χ3n) is 3.15. The van der Waals surface area contributed by atoms with Gasteiger partial charge in [-0.15, -0.1) is 0 Å². The Bertz CT molecular complexity index is 647. The van der Waals surface area contributed by atoms with Gasteiger partial charge in [0.25, 0.3) is 0 Å². The Labute approximate surface area is 121 Å². The fourth-order valence-electron chi connectivity index (χ4n) is 2.11. The van der Waals surface area contributed by atoms with Crippen LogP contribution in [0.1, 0.15) is 0 Å². The van der Waals surface area contributed by atoms with E-state index < -0.39 is 0 Å². The van der Waals surface area contributed by atoms with Crippen LogP contribution >= 0.6 is 0 Å². The Morgan fingerprint density at radius 3 is 2.26 bits per heavy atom. The minimum absolute atomic E-state index is 0.0471. The van der Waals surface area contributed by atoms with Crippen LogP contribution in [0.4, 0.5) is 0 Å². The molecular formula is C14H14LiNO3. The fraction of sp³-hybridized carbons (Fsp3) is 0.214. The normalized spacial score (nSPS) is 10.4. The van der Waals surface area contributed by atoms with Crippen LogP contribution in [0.25, 0.3) is 11.1 Å². The molecule has 0 fully saturated rings. The number of benzene rings is 1. The molecule has 0 saturated carbocycles. The summed E-state index contributed by atoms with van der Waals surface area (Å²) in [5, 5.41) is 0. The van der Waals surface area contributed by atoms with Gasteiger partial charge in [-0.25, -0.2) is 0 Å². The third-order valence-corrected chi connectivity index (χ3v) is 3.15. The predicted octanol–water partition coefficient (Wildman–Crippen LogP) is 0.863. The van der Waals surface area contributed by atoms with E-state index in [-0.39, 0.29) is 5.56 Å². The summed E-state index contributed by atoms with van der Waals surface area (Å²) in [5.41, 5.74) is 1.83. The van der Waals surface area contributed by atoms with E-state index >= 15 is 0 Å². The fourth-order valence-corrected chi connectivity index (χ4v) is 2.11. The number of methoxy groups -OCH3 is 2. The molecule has 0 saturated heterocycles. The molecule has 19 heavy (non-hydrogen) atoms. The first-order valence-corrected chi connectivity index (χ1v) is 5.97. The van der Waals surface area contributed by atoms with Gasteiger partial charge in [0, 0.05) is 0 Å². The molecular weight excluding hydrogens is 237 g/mol. The van der Waals surface area contributed by atoms with Crippen molar-refractivity contribution in [1.82, 2.24) is 4.57 Å². The van der Waals surface area contributed by atoms with Crippen LogP contribution in [-0.2, 0) is 7.05 Å². The van der Waals surface area contributed by atoms with Gasteiger partial charge < -0.3 is 0 Å². The summed E-state index contributed by atoms with van der Waals surface area (Å²) in [6.45, 7) is 0. The van der Waals surface area contributed by atoms with Crippen LogP contribution in [0.2, 0.25) is 0 Å². The number of aromatic nitrogens is 1. The molecule has 0 unspecified atom stereocenters. The first kappa shape index (κ1) is 13.8. The molecule has 2 rings (SSSR count). The SMILES string of the molecule is [Li][c]1c(OC)c(-c2ccc(OC)cc2)cn(C)c1=O. The Kier molecular flexibility index (Phi) is 4.04. The summed E-state index contributed by atoms with van der Waals surface area (Å²) in [7, 11) is 4.95. The van der Waals surface area contributed by atoms with Crippen molar-refractivity contribution in [2.45, 2.75) is 0 Å². The summed E-state index contributed by atoms with van der Waals surface area (Å²) in [5.74, 6) is 1.41. The minimum atomic E-state index is -0.0471. The molecule has 2 aromatic rings. The Balaban J connectivity index is 2.63. The second kappa shape index (κ2) is 5.56. The van der Waals surface area contributed by atoms with Gasteiger partial charge in [0.2, 0.25) is 0 Å². The monoisotopic (exact) mass is 251 g/mol. The second-order valence-corrected chi connectivity index (χ2v) is 4.35. The first-order valence-electron chi connectivity index (χ1n) is 5.97. The molecule has 1 heterocycles. The first-order chi connectivity index (χ1) is 9.08. The maximum atomic E-state index is 11.9. The van der Waals surface area contributed by atoms with E-state index in [9.17, 15) is 4.79 Å². The molecule has 0 atom stereocenters. The summed E-state index contributed by atoms with van der Waals surface area (Å²) >= 11 is 1.77. The molecule has 0 aliphatic heterocycles. The van der Waals surface area contributed by atoms with Crippen LogP contribution in [-0.4, -0.2) is 36.5 Å². The Hall–Kier alpha value is -1.63. The van der Waals surface area contributed by atoms with Crippen LogP contribution in [0, 0.1) is 0 Å². The molecule has 0 N–H and O–H groups in total. The van der Waals surface area contributed by atoms with Crippen molar-refractivity contribution in [2.24, 2.45) is 7.05 Å². The third kappa shape index (κ3) is 2.55. The summed E-state index contributed by atoms with van der Waals surface area (Å²) in [4.78, 5) is 11.9.